The van der Waals surface area contributed by atoms with Crippen LogP contribution in [-0.4, -0.2) is 55.6 Å². The van der Waals surface area contributed by atoms with Crippen LogP contribution in [0.2, 0.25) is 0 Å². The Kier molecular flexibility index (Phi) is 7.14. The molecule has 2 atom stereocenters. The lowest BCUT2D eigenvalue weighted by molar-refractivity contribution is 0.214. The molecule has 1 heterocycles. The summed E-state index contributed by atoms with van der Waals surface area (Å²) in [6.07, 6.45) is 1.07. The largest absolute Gasteiger partial charge is 0.330 e. The quantitative estimate of drug-likeness (QED) is 0.770. The number of hydrogen-bond acceptors (Lipinski definition) is 5. The van der Waals surface area contributed by atoms with Crippen molar-refractivity contribution in [3.63, 3.8) is 0 Å². The maximum atomic E-state index is 12.2. The summed E-state index contributed by atoms with van der Waals surface area (Å²) in [4.78, 5) is 2.15. The molecular formula is C13H28N2O2S2. The molecule has 1 aliphatic heterocycles. The number of sulfone groups is 1. The lowest BCUT2D eigenvalue weighted by Crippen LogP contribution is -2.50. The highest BCUT2D eigenvalue weighted by atomic mass is 32.2. The van der Waals surface area contributed by atoms with Crippen molar-refractivity contribution in [2.24, 2.45) is 17.6 Å². The molecule has 0 aromatic rings. The Morgan fingerprint density at radius 2 is 2.11 bits per heavy atom. The average Bonchev–Trinajstić information content (AvgIpc) is 2.38. The van der Waals surface area contributed by atoms with Crippen LogP contribution in [0.4, 0.5) is 0 Å². The van der Waals surface area contributed by atoms with Crippen LogP contribution in [0.3, 0.4) is 0 Å². The van der Waals surface area contributed by atoms with Gasteiger partial charge in [-0.15, -0.1) is 0 Å². The molecule has 1 rings (SSSR count). The first-order valence-corrected chi connectivity index (χ1v) is 10.0. The lowest BCUT2D eigenvalue weighted by Gasteiger charge is -2.37. The molecule has 0 bridgehead atoms. The summed E-state index contributed by atoms with van der Waals surface area (Å²) in [7, 11) is -2.99. The molecule has 6 heteroatoms. The van der Waals surface area contributed by atoms with E-state index in [9.17, 15) is 8.42 Å². The Morgan fingerprint density at radius 1 is 1.42 bits per heavy atom. The third-order valence-corrected chi connectivity index (χ3v) is 6.97. The van der Waals surface area contributed by atoms with Gasteiger partial charge in [0.25, 0.3) is 0 Å². The van der Waals surface area contributed by atoms with Crippen LogP contribution >= 0.6 is 11.8 Å². The average molecular weight is 309 g/mol. The zero-order valence-corrected chi connectivity index (χ0v) is 14.0. The van der Waals surface area contributed by atoms with Gasteiger partial charge in [-0.3, -0.25) is 4.90 Å². The van der Waals surface area contributed by atoms with Crippen molar-refractivity contribution in [3.05, 3.63) is 0 Å². The fraction of sp³-hybridized carbons (Fsp3) is 1.00. The summed E-state index contributed by atoms with van der Waals surface area (Å²) in [5.74, 6) is 2.96. The SMILES string of the molecule is CCS(=O)(=O)C1CSCCN1CC(CN)CC(C)C. The maximum Gasteiger partial charge on any atom is 0.166 e. The van der Waals surface area contributed by atoms with Crippen molar-refractivity contribution in [1.29, 1.82) is 0 Å². The van der Waals surface area contributed by atoms with E-state index in [-0.39, 0.29) is 11.1 Å². The summed E-state index contributed by atoms with van der Waals surface area (Å²) >= 11 is 1.75. The third kappa shape index (κ3) is 5.25. The molecule has 114 valence electrons. The van der Waals surface area contributed by atoms with Crippen molar-refractivity contribution in [3.8, 4) is 0 Å². The smallest absolute Gasteiger partial charge is 0.166 e. The second kappa shape index (κ2) is 7.86. The van der Waals surface area contributed by atoms with Gasteiger partial charge in [-0.1, -0.05) is 20.8 Å². The molecule has 2 N–H and O–H groups in total. The Bertz CT molecular complexity index is 358. The second-order valence-corrected chi connectivity index (χ2v) is 9.30. The maximum absolute atomic E-state index is 12.2. The van der Waals surface area contributed by atoms with E-state index in [0.717, 1.165) is 25.3 Å². The van der Waals surface area contributed by atoms with E-state index < -0.39 is 9.84 Å². The topological polar surface area (TPSA) is 63.4 Å². The molecule has 1 saturated heterocycles. The number of nitrogens with zero attached hydrogens (tertiary/aromatic N) is 1. The molecular weight excluding hydrogens is 280 g/mol. The predicted octanol–water partition coefficient (Wildman–Crippen LogP) is 1.42. The zero-order valence-electron chi connectivity index (χ0n) is 12.3. The normalized spacial score (nSPS) is 23.7. The highest BCUT2D eigenvalue weighted by Gasteiger charge is 2.33. The van der Waals surface area contributed by atoms with Gasteiger partial charge < -0.3 is 5.73 Å². The molecule has 0 aromatic carbocycles. The van der Waals surface area contributed by atoms with Gasteiger partial charge in [-0.25, -0.2) is 8.42 Å². The fourth-order valence-electron chi connectivity index (χ4n) is 2.59. The van der Waals surface area contributed by atoms with Gasteiger partial charge in [0.15, 0.2) is 9.84 Å². The van der Waals surface area contributed by atoms with Crippen LogP contribution in [0.25, 0.3) is 0 Å². The van der Waals surface area contributed by atoms with Gasteiger partial charge in [-0.05, 0) is 24.8 Å². The van der Waals surface area contributed by atoms with Gasteiger partial charge >= 0.3 is 0 Å². The zero-order chi connectivity index (χ0) is 14.5. The summed E-state index contributed by atoms with van der Waals surface area (Å²) in [5, 5.41) is -0.308. The number of hydrogen-bond donors (Lipinski definition) is 1. The van der Waals surface area contributed by atoms with Gasteiger partial charge in [0.1, 0.15) is 5.37 Å². The number of nitrogens with two attached hydrogens (primary N) is 1. The Morgan fingerprint density at radius 3 is 2.63 bits per heavy atom. The standard InChI is InChI=1S/C13H28N2O2S2/c1-4-19(16,17)13-10-18-6-5-15(13)9-12(8-14)7-11(2)3/h11-13H,4-10,14H2,1-3H3. The van der Waals surface area contributed by atoms with E-state index in [1.807, 2.05) is 0 Å². The predicted molar refractivity (Wildman–Crippen MR) is 84.1 cm³/mol. The van der Waals surface area contributed by atoms with Gasteiger partial charge in [0.05, 0.1) is 0 Å². The van der Waals surface area contributed by atoms with Gasteiger partial charge in [0, 0.05) is 30.3 Å². The van der Waals surface area contributed by atoms with Crippen molar-refractivity contribution < 1.29 is 8.42 Å². The van der Waals surface area contributed by atoms with Crippen molar-refractivity contribution in [1.82, 2.24) is 4.90 Å². The van der Waals surface area contributed by atoms with Crippen LogP contribution in [0, 0.1) is 11.8 Å². The number of thioether (sulfide) groups is 1. The monoisotopic (exact) mass is 308 g/mol. The first-order chi connectivity index (χ1) is 8.90. The lowest BCUT2D eigenvalue weighted by atomic mass is 9.96. The van der Waals surface area contributed by atoms with E-state index in [2.05, 4.69) is 18.7 Å². The Hall–Kier alpha value is 0.220. The minimum absolute atomic E-state index is 0.228. The summed E-state index contributed by atoms with van der Waals surface area (Å²) in [5.41, 5.74) is 5.84. The first-order valence-electron chi connectivity index (χ1n) is 7.14. The molecule has 0 saturated carbocycles. The molecule has 0 amide bonds. The van der Waals surface area contributed by atoms with E-state index >= 15 is 0 Å². The third-order valence-electron chi connectivity index (χ3n) is 3.64. The molecule has 0 aliphatic carbocycles. The molecule has 19 heavy (non-hydrogen) atoms. The molecule has 1 fully saturated rings. The summed E-state index contributed by atoms with van der Waals surface area (Å²) < 4.78 is 24.3. The van der Waals surface area contributed by atoms with Crippen LogP contribution in [0.1, 0.15) is 27.2 Å². The van der Waals surface area contributed by atoms with Crippen LogP contribution in [0.5, 0.6) is 0 Å². The van der Waals surface area contributed by atoms with Crippen molar-refractivity contribution in [2.45, 2.75) is 32.6 Å². The fourth-order valence-corrected chi connectivity index (χ4v) is 5.68. The second-order valence-electron chi connectivity index (χ2n) is 5.71. The molecule has 0 aromatic heterocycles. The Labute approximate surface area is 122 Å². The van der Waals surface area contributed by atoms with Crippen LogP contribution < -0.4 is 5.73 Å². The molecule has 0 radical (unpaired) electrons. The minimum Gasteiger partial charge on any atom is -0.330 e. The van der Waals surface area contributed by atoms with Gasteiger partial charge in [-0.2, -0.15) is 11.8 Å². The summed E-state index contributed by atoms with van der Waals surface area (Å²) in [6, 6.07) is 0. The van der Waals surface area contributed by atoms with Crippen molar-refractivity contribution >= 4 is 21.6 Å². The van der Waals surface area contributed by atoms with Crippen LogP contribution in [0.15, 0.2) is 0 Å². The Balaban J connectivity index is 2.71. The highest BCUT2D eigenvalue weighted by Crippen LogP contribution is 2.23. The highest BCUT2D eigenvalue weighted by molar-refractivity contribution is 8.01. The van der Waals surface area contributed by atoms with E-state index in [1.54, 1.807) is 18.7 Å². The van der Waals surface area contributed by atoms with E-state index in [0.29, 0.717) is 24.1 Å². The van der Waals surface area contributed by atoms with E-state index in [1.165, 1.54) is 0 Å². The minimum atomic E-state index is -2.99. The summed E-state index contributed by atoms with van der Waals surface area (Å²) in [6.45, 7) is 8.44. The van der Waals surface area contributed by atoms with Crippen LogP contribution in [-0.2, 0) is 9.84 Å². The van der Waals surface area contributed by atoms with Crippen molar-refractivity contribution in [2.75, 3.05) is 36.9 Å². The van der Waals surface area contributed by atoms with Gasteiger partial charge in [0.2, 0.25) is 0 Å². The molecule has 2 unspecified atom stereocenters. The molecule has 0 spiro atoms. The molecule has 4 nitrogen and oxygen atoms in total. The number of rotatable bonds is 7. The van der Waals surface area contributed by atoms with E-state index in [4.69, 9.17) is 5.73 Å². The molecule has 1 aliphatic rings. The first kappa shape index (κ1) is 17.3.